The summed E-state index contributed by atoms with van der Waals surface area (Å²) in [5, 5.41) is 3.16. The van der Waals surface area contributed by atoms with E-state index in [-0.39, 0.29) is 11.8 Å². The van der Waals surface area contributed by atoms with Gasteiger partial charge in [0, 0.05) is 19.3 Å². The number of allylic oxidation sites excluding steroid dienone is 1. The van der Waals surface area contributed by atoms with Gasteiger partial charge < -0.3 is 10.2 Å². The van der Waals surface area contributed by atoms with Gasteiger partial charge in [0.25, 0.3) is 0 Å². The molecule has 2 fully saturated rings. The van der Waals surface area contributed by atoms with E-state index in [1.54, 1.807) is 11.9 Å². The fraction of sp³-hybridized carbons (Fsp3) is 0.448. The van der Waals surface area contributed by atoms with Crippen molar-refractivity contribution in [3.63, 3.8) is 0 Å². The molecular weight excluding hydrogens is 408 g/mol. The molecule has 2 aromatic rings. The quantitative estimate of drug-likeness (QED) is 0.569. The molecule has 174 valence electrons. The Morgan fingerprint density at radius 3 is 2.30 bits per heavy atom. The molecule has 0 spiro atoms. The van der Waals surface area contributed by atoms with Crippen LogP contribution in [0.3, 0.4) is 0 Å². The van der Waals surface area contributed by atoms with Gasteiger partial charge in [-0.15, -0.1) is 0 Å². The number of nitrogens with one attached hydrogen (secondary N) is 1. The number of fused-ring (bicyclic) bond motifs is 2. The maximum absolute atomic E-state index is 13.5. The maximum Gasteiger partial charge on any atom is 0.243 e. The molecule has 2 bridgehead atoms. The van der Waals surface area contributed by atoms with E-state index in [4.69, 9.17) is 0 Å². The lowest BCUT2D eigenvalue weighted by atomic mass is 9.71. The highest BCUT2D eigenvalue weighted by Crippen LogP contribution is 2.58. The van der Waals surface area contributed by atoms with E-state index in [0.717, 1.165) is 22.7 Å². The molecule has 2 aliphatic carbocycles. The Balaban J connectivity index is 1.53. The van der Waals surface area contributed by atoms with Gasteiger partial charge in [0.2, 0.25) is 11.8 Å². The van der Waals surface area contributed by atoms with Gasteiger partial charge in [0.15, 0.2) is 0 Å². The first-order valence-electron chi connectivity index (χ1n) is 12.1. The summed E-state index contributed by atoms with van der Waals surface area (Å²) in [7, 11) is 1.74. The van der Waals surface area contributed by atoms with Gasteiger partial charge in [0.05, 0.1) is 0 Å². The van der Waals surface area contributed by atoms with Crippen molar-refractivity contribution in [3.05, 3.63) is 72.3 Å². The van der Waals surface area contributed by atoms with Crippen molar-refractivity contribution in [2.24, 2.45) is 29.1 Å². The number of carbonyl (C=O) groups is 2. The molecular formula is C29H36N2O2. The fourth-order valence-electron chi connectivity index (χ4n) is 6.12. The Morgan fingerprint density at radius 1 is 1.06 bits per heavy atom. The van der Waals surface area contributed by atoms with Crippen molar-refractivity contribution in [1.82, 2.24) is 5.32 Å². The summed E-state index contributed by atoms with van der Waals surface area (Å²) in [6, 6.07) is 19.4. The van der Waals surface area contributed by atoms with Gasteiger partial charge >= 0.3 is 0 Å². The summed E-state index contributed by atoms with van der Waals surface area (Å²) in [5.41, 5.74) is 3.07. The number of carbonyl (C=O) groups excluding carboxylic acids is 2. The first-order valence-corrected chi connectivity index (χ1v) is 12.1. The van der Waals surface area contributed by atoms with E-state index in [0.29, 0.717) is 23.8 Å². The molecule has 4 rings (SSSR count). The van der Waals surface area contributed by atoms with Crippen molar-refractivity contribution >= 4 is 23.1 Å². The van der Waals surface area contributed by atoms with Crippen LogP contribution in [0, 0.1) is 29.1 Å². The molecule has 0 aromatic heterocycles. The summed E-state index contributed by atoms with van der Waals surface area (Å²) >= 11 is 0. The zero-order valence-corrected chi connectivity index (χ0v) is 20.3. The first kappa shape index (κ1) is 23.3. The van der Waals surface area contributed by atoms with Gasteiger partial charge in [-0.05, 0) is 72.6 Å². The SMILES string of the molecule is C/C(=C\C(C(=O)NC[C@H]1C[C@@H]2C[C@H]1C(C)(C)C2)C(=O)N(C)c1ccccc1)c1ccccc1. The highest BCUT2D eigenvalue weighted by molar-refractivity contribution is 6.09. The van der Waals surface area contributed by atoms with Crippen LogP contribution in [-0.4, -0.2) is 25.4 Å². The Labute approximate surface area is 198 Å². The molecule has 4 nitrogen and oxygen atoms in total. The van der Waals surface area contributed by atoms with Crippen molar-refractivity contribution in [1.29, 1.82) is 0 Å². The topological polar surface area (TPSA) is 49.4 Å². The second kappa shape index (κ2) is 9.54. The molecule has 2 aromatic carbocycles. The van der Waals surface area contributed by atoms with Crippen molar-refractivity contribution in [2.45, 2.75) is 40.0 Å². The summed E-state index contributed by atoms with van der Waals surface area (Å²) in [6.45, 7) is 7.34. The van der Waals surface area contributed by atoms with Crippen LogP contribution in [0.5, 0.6) is 0 Å². The number of anilines is 1. The monoisotopic (exact) mass is 444 g/mol. The fourth-order valence-corrected chi connectivity index (χ4v) is 6.12. The van der Waals surface area contributed by atoms with Crippen LogP contribution in [0.4, 0.5) is 5.69 Å². The normalized spacial score (nSPS) is 24.4. The number of hydrogen-bond acceptors (Lipinski definition) is 2. The van der Waals surface area contributed by atoms with E-state index in [1.165, 1.54) is 19.3 Å². The predicted octanol–water partition coefficient (Wildman–Crippen LogP) is 5.56. The minimum atomic E-state index is -0.873. The molecule has 2 saturated carbocycles. The van der Waals surface area contributed by atoms with E-state index in [1.807, 2.05) is 73.7 Å². The summed E-state index contributed by atoms with van der Waals surface area (Å²) < 4.78 is 0. The molecule has 0 heterocycles. The number of amides is 2. The lowest BCUT2D eigenvalue weighted by Crippen LogP contribution is -2.44. The van der Waals surface area contributed by atoms with E-state index in [9.17, 15) is 9.59 Å². The summed E-state index contributed by atoms with van der Waals surface area (Å²) in [5.74, 6) is 0.645. The van der Waals surface area contributed by atoms with Crippen molar-refractivity contribution in [3.8, 4) is 0 Å². The van der Waals surface area contributed by atoms with Crippen LogP contribution in [0.15, 0.2) is 66.7 Å². The average molecular weight is 445 g/mol. The van der Waals surface area contributed by atoms with Crippen LogP contribution >= 0.6 is 0 Å². The van der Waals surface area contributed by atoms with Crippen molar-refractivity contribution in [2.75, 3.05) is 18.5 Å². The molecule has 0 radical (unpaired) electrons. The Bertz CT molecular complexity index is 1010. The summed E-state index contributed by atoms with van der Waals surface area (Å²) in [6.07, 6.45) is 5.58. The standard InChI is InChI=1S/C29H36N2O2/c1-20(22-11-7-5-8-12-22)15-25(28(33)31(4)24-13-9-6-10-14-24)27(32)30-19-23-16-21-17-26(23)29(2,3)18-21/h5-15,21,23,25-26H,16-19H2,1-4H3,(H,30,32)/b20-15+/t21-,23-,25?,26-/m1/s1. The van der Waals surface area contributed by atoms with Gasteiger partial charge in [0.1, 0.15) is 5.92 Å². The zero-order chi connectivity index (χ0) is 23.6. The van der Waals surface area contributed by atoms with Crippen LogP contribution < -0.4 is 10.2 Å². The highest BCUT2D eigenvalue weighted by Gasteiger charge is 2.50. The van der Waals surface area contributed by atoms with Gasteiger partial charge in [-0.25, -0.2) is 0 Å². The van der Waals surface area contributed by atoms with Crippen LogP contribution in [0.2, 0.25) is 0 Å². The number of rotatable bonds is 7. The lowest BCUT2D eigenvalue weighted by molar-refractivity contribution is -0.131. The molecule has 0 saturated heterocycles. The van der Waals surface area contributed by atoms with E-state index < -0.39 is 5.92 Å². The largest absolute Gasteiger partial charge is 0.355 e. The Kier molecular flexibility index (Phi) is 6.73. The summed E-state index contributed by atoms with van der Waals surface area (Å²) in [4.78, 5) is 28.5. The third-order valence-corrected chi connectivity index (χ3v) is 7.82. The number of nitrogens with zero attached hydrogens (tertiary/aromatic N) is 1. The molecule has 1 N–H and O–H groups in total. The molecule has 0 aliphatic heterocycles. The van der Waals surface area contributed by atoms with Crippen LogP contribution in [0.1, 0.15) is 45.6 Å². The van der Waals surface area contributed by atoms with Gasteiger partial charge in [-0.3, -0.25) is 9.59 Å². The molecule has 1 unspecified atom stereocenters. The third kappa shape index (κ3) is 5.05. The van der Waals surface area contributed by atoms with E-state index >= 15 is 0 Å². The second-order valence-electron chi connectivity index (χ2n) is 10.6. The molecule has 2 aliphatic rings. The van der Waals surface area contributed by atoms with Crippen molar-refractivity contribution < 1.29 is 9.59 Å². The number of benzene rings is 2. The smallest absolute Gasteiger partial charge is 0.243 e. The van der Waals surface area contributed by atoms with Gasteiger partial charge in [-0.1, -0.05) is 68.5 Å². The highest BCUT2D eigenvalue weighted by atomic mass is 16.2. The van der Waals surface area contributed by atoms with Gasteiger partial charge in [-0.2, -0.15) is 0 Å². The number of para-hydroxylation sites is 1. The first-order chi connectivity index (χ1) is 15.8. The predicted molar refractivity (Wildman–Crippen MR) is 135 cm³/mol. The Hall–Kier alpha value is -2.88. The zero-order valence-electron chi connectivity index (χ0n) is 20.3. The molecule has 33 heavy (non-hydrogen) atoms. The Morgan fingerprint density at radius 2 is 1.70 bits per heavy atom. The number of hydrogen-bond donors (Lipinski definition) is 1. The second-order valence-corrected chi connectivity index (χ2v) is 10.6. The third-order valence-electron chi connectivity index (χ3n) is 7.82. The van der Waals surface area contributed by atoms with Crippen LogP contribution in [-0.2, 0) is 9.59 Å². The lowest BCUT2D eigenvalue weighted by Gasteiger charge is -2.36. The minimum Gasteiger partial charge on any atom is -0.355 e. The minimum absolute atomic E-state index is 0.210. The molecule has 2 amide bonds. The average Bonchev–Trinajstić information content (AvgIpc) is 3.37. The molecule has 4 atom stereocenters. The van der Waals surface area contributed by atoms with Crippen LogP contribution in [0.25, 0.3) is 5.57 Å². The maximum atomic E-state index is 13.5. The van der Waals surface area contributed by atoms with E-state index in [2.05, 4.69) is 19.2 Å². The molecule has 4 heteroatoms.